The first kappa shape index (κ1) is 11.8. The summed E-state index contributed by atoms with van der Waals surface area (Å²) in [5.74, 6) is 4.22. The number of aryl methyl sites for hydroxylation is 1. The van der Waals surface area contributed by atoms with Crippen LogP contribution in [0.4, 0.5) is 5.82 Å². The van der Waals surface area contributed by atoms with Crippen LogP contribution in [0.2, 0.25) is 0 Å². The van der Waals surface area contributed by atoms with Crippen molar-refractivity contribution in [2.24, 2.45) is 5.92 Å². The van der Waals surface area contributed by atoms with E-state index in [0.717, 1.165) is 30.1 Å². The van der Waals surface area contributed by atoms with Crippen molar-refractivity contribution in [2.45, 2.75) is 13.8 Å². The molecule has 0 N–H and O–H groups in total. The second-order valence-electron chi connectivity index (χ2n) is 4.99. The number of hydrogen-bond donors (Lipinski definition) is 0. The van der Waals surface area contributed by atoms with E-state index in [0.29, 0.717) is 5.92 Å². The van der Waals surface area contributed by atoms with E-state index in [-0.39, 0.29) is 0 Å². The minimum atomic E-state index is 0.712. The Morgan fingerprint density at radius 3 is 3.22 bits per heavy atom. The molecule has 0 bridgehead atoms. The first-order valence-corrected chi connectivity index (χ1v) is 7.53. The molecule has 0 saturated carbocycles. The monoisotopic (exact) mass is 262 g/mol. The first-order chi connectivity index (χ1) is 8.74. The van der Waals surface area contributed by atoms with Crippen molar-refractivity contribution in [1.82, 2.24) is 14.6 Å². The molecule has 3 rings (SSSR count). The van der Waals surface area contributed by atoms with Crippen LogP contribution < -0.4 is 4.90 Å². The van der Waals surface area contributed by atoms with Gasteiger partial charge in [0, 0.05) is 31.2 Å². The molecular formula is C13H18N4S. The van der Waals surface area contributed by atoms with Crippen LogP contribution in [0, 0.1) is 12.8 Å². The summed E-state index contributed by atoms with van der Waals surface area (Å²) in [6.07, 6.45) is 3.76. The van der Waals surface area contributed by atoms with Crippen molar-refractivity contribution < 1.29 is 0 Å². The molecule has 2 aromatic rings. The summed E-state index contributed by atoms with van der Waals surface area (Å²) >= 11 is 2.04. The maximum absolute atomic E-state index is 4.58. The molecule has 3 heterocycles. The average molecular weight is 262 g/mol. The van der Waals surface area contributed by atoms with Crippen LogP contribution in [-0.4, -0.2) is 39.2 Å². The van der Waals surface area contributed by atoms with Gasteiger partial charge in [0.05, 0.1) is 5.69 Å². The zero-order chi connectivity index (χ0) is 12.5. The molecule has 18 heavy (non-hydrogen) atoms. The standard InChI is InChI=1S/C13H18N4S/c1-10-8-16(5-6-18-9-10)13-12-7-11(2)15-17(12)4-3-14-13/h3-4,7,10H,5-6,8-9H2,1-2H3. The van der Waals surface area contributed by atoms with Gasteiger partial charge >= 0.3 is 0 Å². The quantitative estimate of drug-likeness (QED) is 0.789. The summed E-state index contributed by atoms with van der Waals surface area (Å²) in [6, 6.07) is 2.12. The van der Waals surface area contributed by atoms with Crippen molar-refractivity contribution in [2.75, 3.05) is 29.5 Å². The van der Waals surface area contributed by atoms with Crippen LogP contribution in [0.5, 0.6) is 0 Å². The highest BCUT2D eigenvalue weighted by atomic mass is 32.2. The Morgan fingerprint density at radius 2 is 2.33 bits per heavy atom. The van der Waals surface area contributed by atoms with Gasteiger partial charge in [-0.05, 0) is 24.7 Å². The fraction of sp³-hybridized carbons (Fsp3) is 0.538. The van der Waals surface area contributed by atoms with E-state index in [9.17, 15) is 0 Å². The Labute approximate surface area is 111 Å². The van der Waals surface area contributed by atoms with Crippen molar-refractivity contribution in [3.63, 3.8) is 0 Å². The molecule has 1 aliphatic rings. The van der Waals surface area contributed by atoms with Crippen molar-refractivity contribution >= 4 is 23.1 Å². The minimum Gasteiger partial charge on any atom is -0.354 e. The van der Waals surface area contributed by atoms with Gasteiger partial charge in [-0.1, -0.05) is 6.92 Å². The van der Waals surface area contributed by atoms with Gasteiger partial charge in [0.1, 0.15) is 5.52 Å². The van der Waals surface area contributed by atoms with Crippen molar-refractivity contribution in [3.8, 4) is 0 Å². The zero-order valence-corrected chi connectivity index (χ0v) is 11.7. The highest BCUT2D eigenvalue weighted by molar-refractivity contribution is 7.99. The molecule has 96 valence electrons. The molecule has 1 aliphatic heterocycles. The van der Waals surface area contributed by atoms with E-state index < -0.39 is 0 Å². The molecule has 0 amide bonds. The number of rotatable bonds is 1. The Morgan fingerprint density at radius 1 is 1.44 bits per heavy atom. The third-order valence-corrected chi connectivity index (χ3v) is 4.51. The molecule has 1 atom stereocenters. The number of thioether (sulfide) groups is 1. The van der Waals surface area contributed by atoms with Gasteiger partial charge in [0.2, 0.25) is 0 Å². The Bertz CT molecular complexity index is 551. The third-order valence-electron chi connectivity index (χ3n) is 3.23. The summed E-state index contributed by atoms with van der Waals surface area (Å²) in [5, 5.41) is 4.46. The van der Waals surface area contributed by atoms with E-state index in [2.05, 4.69) is 28.0 Å². The summed E-state index contributed by atoms with van der Waals surface area (Å²) in [5.41, 5.74) is 2.16. The van der Waals surface area contributed by atoms with Crippen molar-refractivity contribution in [3.05, 3.63) is 24.2 Å². The molecule has 0 aromatic carbocycles. The predicted molar refractivity (Wildman–Crippen MR) is 76.4 cm³/mol. The smallest absolute Gasteiger partial charge is 0.154 e. The van der Waals surface area contributed by atoms with Crippen LogP contribution in [0.1, 0.15) is 12.6 Å². The van der Waals surface area contributed by atoms with E-state index in [1.807, 2.05) is 35.6 Å². The molecule has 0 spiro atoms. The second kappa shape index (κ2) is 4.80. The highest BCUT2D eigenvalue weighted by Crippen LogP contribution is 2.24. The fourth-order valence-electron chi connectivity index (χ4n) is 2.45. The number of anilines is 1. The van der Waals surface area contributed by atoms with Crippen molar-refractivity contribution in [1.29, 1.82) is 0 Å². The summed E-state index contributed by atoms with van der Waals surface area (Å²) in [7, 11) is 0. The molecule has 0 aliphatic carbocycles. The minimum absolute atomic E-state index is 0.712. The lowest BCUT2D eigenvalue weighted by Crippen LogP contribution is -2.30. The molecule has 4 nitrogen and oxygen atoms in total. The van der Waals surface area contributed by atoms with Crippen LogP contribution in [0.15, 0.2) is 18.5 Å². The van der Waals surface area contributed by atoms with Gasteiger partial charge in [0.15, 0.2) is 5.82 Å². The van der Waals surface area contributed by atoms with E-state index in [1.165, 1.54) is 11.5 Å². The number of fused-ring (bicyclic) bond motifs is 1. The Kier molecular flexibility index (Phi) is 3.16. The van der Waals surface area contributed by atoms with Gasteiger partial charge in [-0.3, -0.25) is 0 Å². The molecular weight excluding hydrogens is 244 g/mol. The molecule has 5 heteroatoms. The maximum atomic E-state index is 4.58. The normalized spacial score (nSPS) is 21.2. The van der Waals surface area contributed by atoms with E-state index >= 15 is 0 Å². The maximum Gasteiger partial charge on any atom is 0.154 e. The number of nitrogens with zero attached hydrogens (tertiary/aromatic N) is 4. The molecule has 1 fully saturated rings. The van der Waals surface area contributed by atoms with Crippen LogP contribution in [-0.2, 0) is 0 Å². The second-order valence-corrected chi connectivity index (χ2v) is 6.14. The highest BCUT2D eigenvalue weighted by Gasteiger charge is 2.18. The average Bonchev–Trinajstić information content (AvgIpc) is 2.59. The molecule has 1 saturated heterocycles. The summed E-state index contributed by atoms with van der Waals surface area (Å²) < 4.78 is 1.93. The van der Waals surface area contributed by atoms with Gasteiger partial charge in [-0.2, -0.15) is 16.9 Å². The fourth-order valence-corrected chi connectivity index (χ4v) is 3.47. The van der Waals surface area contributed by atoms with Gasteiger partial charge < -0.3 is 4.90 Å². The Balaban J connectivity index is 2.01. The van der Waals surface area contributed by atoms with Crippen LogP contribution >= 0.6 is 11.8 Å². The van der Waals surface area contributed by atoms with Crippen LogP contribution in [0.3, 0.4) is 0 Å². The predicted octanol–water partition coefficient (Wildman–Crippen LogP) is 2.23. The number of hydrogen-bond acceptors (Lipinski definition) is 4. The third kappa shape index (κ3) is 2.19. The van der Waals surface area contributed by atoms with E-state index in [4.69, 9.17) is 0 Å². The number of aromatic nitrogens is 3. The lowest BCUT2D eigenvalue weighted by atomic mass is 10.2. The molecule has 0 radical (unpaired) electrons. The zero-order valence-electron chi connectivity index (χ0n) is 10.8. The van der Waals surface area contributed by atoms with Crippen LogP contribution in [0.25, 0.3) is 5.52 Å². The largest absolute Gasteiger partial charge is 0.354 e. The lowest BCUT2D eigenvalue weighted by Gasteiger charge is -2.23. The summed E-state index contributed by atoms with van der Waals surface area (Å²) in [4.78, 5) is 6.98. The lowest BCUT2D eigenvalue weighted by molar-refractivity contribution is 0.635. The summed E-state index contributed by atoms with van der Waals surface area (Å²) in [6.45, 7) is 6.50. The molecule has 2 aromatic heterocycles. The Hall–Kier alpha value is -1.23. The SMILES string of the molecule is Cc1cc2c(N3CCSCC(C)C3)nccn2n1. The van der Waals surface area contributed by atoms with Gasteiger partial charge in [-0.15, -0.1) is 0 Å². The van der Waals surface area contributed by atoms with Gasteiger partial charge in [0.25, 0.3) is 0 Å². The van der Waals surface area contributed by atoms with Gasteiger partial charge in [-0.25, -0.2) is 9.50 Å². The first-order valence-electron chi connectivity index (χ1n) is 6.38. The van der Waals surface area contributed by atoms with E-state index in [1.54, 1.807) is 0 Å². The topological polar surface area (TPSA) is 33.4 Å². The molecule has 1 unspecified atom stereocenters.